The number of hydrogen-bond donors (Lipinski definition) is 1. The Balaban J connectivity index is 1.67. The molecule has 134 valence electrons. The lowest BCUT2D eigenvalue weighted by atomic mass is 9.92. The van der Waals surface area contributed by atoms with Crippen LogP contribution in [-0.2, 0) is 0 Å². The van der Waals surface area contributed by atoms with Gasteiger partial charge in [0.05, 0.1) is 18.7 Å². The van der Waals surface area contributed by atoms with Crippen LogP contribution < -0.4 is 10.1 Å². The summed E-state index contributed by atoms with van der Waals surface area (Å²) in [6.45, 7) is 6.94. The summed E-state index contributed by atoms with van der Waals surface area (Å²) in [5, 5.41) is 15.7. The van der Waals surface area contributed by atoms with E-state index in [9.17, 15) is 0 Å². The highest BCUT2D eigenvalue weighted by molar-refractivity contribution is 5.40. The topological polar surface area (TPSA) is 64.9 Å². The highest BCUT2D eigenvalue weighted by Gasteiger charge is 2.30. The SMILES string of the molecule is CCOc1ccc(C2CC(c3ccc(C)c(C)c3)Nc3nnnn32)cc1. The van der Waals surface area contributed by atoms with Crippen molar-refractivity contribution < 1.29 is 4.74 Å². The van der Waals surface area contributed by atoms with Crippen LogP contribution in [-0.4, -0.2) is 26.8 Å². The first-order valence-corrected chi connectivity index (χ1v) is 9.00. The van der Waals surface area contributed by atoms with Gasteiger partial charge in [-0.3, -0.25) is 0 Å². The van der Waals surface area contributed by atoms with E-state index in [0.29, 0.717) is 12.6 Å². The summed E-state index contributed by atoms with van der Waals surface area (Å²) in [4.78, 5) is 0. The normalized spacial score (nSPS) is 18.9. The molecule has 2 atom stereocenters. The van der Waals surface area contributed by atoms with E-state index in [1.54, 1.807) is 0 Å². The molecule has 2 aromatic carbocycles. The first-order chi connectivity index (χ1) is 12.7. The van der Waals surface area contributed by atoms with Crippen molar-refractivity contribution in [3.05, 3.63) is 64.7 Å². The Bertz CT molecular complexity index is 903. The van der Waals surface area contributed by atoms with Gasteiger partial charge in [0, 0.05) is 0 Å². The number of hydrogen-bond acceptors (Lipinski definition) is 5. The van der Waals surface area contributed by atoms with Gasteiger partial charge in [0.2, 0.25) is 5.95 Å². The summed E-state index contributed by atoms with van der Waals surface area (Å²) < 4.78 is 7.43. The molecule has 6 nitrogen and oxygen atoms in total. The molecule has 3 aromatic rings. The Hall–Kier alpha value is -2.89. The fraction of sp³-hybridized carbons (Fsp3) is 0.350. The third-order valence-corrected chi connectivity index (χ3v) is 5.06. The van der Waals surface area contributed by atoms with Gasteiger partial charge in [-0.2, -0.15) is 0 Å². The number of nitrogens with zero attached hydrogens (tertiary/aromatic N) is 4. The molecule has 1 aromatic heterocycles. The third kappa shape index (κ3) is 3.03. The highest BCUT2D eigenvalue weighted by Crippen LogP contribution is 2.37. The van der Waals surface area contributed by atoms with Crippen LogP contribution in [0.3, 0.4) is 0 Å². The third-order valence-electron chi connectivity index (χ3n) is 5.06. The van der Waals surface area contributed by atoms with Crippen molar-refractivity contribution in [1.29, 1.82) is 0 Å². The molecule has 0 saturated carbocycles. The van der Waals surface area contributed by atoms with Crippen LogP contribution in [0.25, 0.3) is 0 Å². The van der Waals surface area contributed by atoms with Gasteiger partial charge in [-0.25, -0.2) is 4.68 Å². The highest BCUT2D eigenvalue weighted by atomic mass is 16.5. The number of aromatic nitrogens is 4. The predicted octanol–water partition coefficient (Wildman–Crippen LogP) is 3.83. The van der Waals surface area contributed by atoms with E-state index < -0.39 is 0 Å². The van der Waals surface area contributed by atoms with Crippen LogP contribution in [0.5, 0.6) is 5.75 Å². The Morgan fingerprint density at radius 2 is 1.85 bits per heavy atom. The quantitative estimate of drug-likeness (QED) is 0.775. The fourth-order valence-corrected chi connectivity index (χ4v) is 3.47. The number of ether oxygens (including phenoxy) is 1. The van der Waals surface area contributed by atoms with Crippen LogP contribution in [0.1, 0.15) is 47.7 Å². The fourth-order valence-electron chi connectivity index (χ4n) is 3.47. The second kappa shape index (κ2) is 6.78. The van der Waals surface area contributed by atoms with Crippen molar-refractivity contribution in [3.63, 3.8) is 0 Å². The Morgan fingerprint density at radius 3 is 2.58 bits per heavy atom. The molecule has 0 amide bonds. The summed E-state index contributed by atoms with van der Waals surface area (Å²) in [7, 11) is 0. The Morgan fingerprint density at radius 1 is 1.08 bits per heavy atom. The number of fused-ring (bicyclic) bond motifs is 1. The Labute approximate surface area is 153 Å². The average molecular weight is 349 g/mol. The summed E-state index contributed by atoms with van der Waals surface area (Å²) in [5.41, 5.74) is 5.04. The van der Waals surface area contributed by atoms with E-state index in [1.807, 2.05) is 23.7 Å². The number of benzene rings is 2. The smallest absolute Gasteiger partial charge is 0.243 e. The standard InChI is InChI=1S/C20H23N5O/c1-4-26-17-9-7-15(8-10-17)19-12-18(21-20-22-23-24-25(19)20)16-6-5-13(2)14(3)11-16/h5-11,18-19H,4,12H2,1-3H3,(H,21,22,24). The minimum Gasteiger partial charge on any atom is -0.494 e. The molecule has 0 fully saturated rings. The lowest BCUT2D eigenvalue weighted by Gasteiger charge is -2.31. The van der Waals surface area contributed by atoms with E-state index in [2.05, 4.69) is 65.0 Å². The molecule has 0 bridgehead atoms. The van der Waals surface area contributed by atoms with Gasteiger partial charge in [-0.15, -0.1) is 0 Å². The van der Waals surface area contributed by atoms with Gasteiger partial charge in [0.1, 0.15) is 5.75 Å². The van der Waals surface area contributed by atoms with E-state index in [0.717, 1.165) is 12.2 Å². The molecule has 2 heterocycles. The second-order valence-corrected chi connectivity index (χ2v) is 6.74. The predicted molar refractivity (Wildman–Crippen MR) is 100 cm³/mol. The molecule has 2 unspecified atom stereocenters. The number of aryl methyl sites for hydroxylation is 2. The van der Waals surface area contributed by atoms with Crippen molar-refractivity contribution in [2.75, 3.05) is 11.9 Å². The van der Waals surface area contributed by atoms with Crippen molar-refractivity contribution in [3.8, 4) is 5.75 Å². The molecule has 1 N–H and O–H groups in total. The van der Waals surface area contributed by atoms with Crippen LogP contribution in [0.2, 0.25) is 0 Å². The van der Waals surface area contributed by atoms with E-state index in [1.165, 1.54) is 22.3 Å². The maximum atomic E-state index is 5.56. The van der Waals surface area contributed by atoms with Gasteiger partial charge in [-0.1, -0.05) is 35.4 Å². The first-order valence-electron chi connectivity index (χ1n) is 9.00. The van der Waals surface area contributed by atoms with Gasteiger partial charge in [0.15, 0.2) is 0 Å². The molecule has 1 aliphatic rings. The van der Waals surface area contributed by atoms with E-state index in [-0.39, 0.29) is 12.1 Å². The van der Waals surface area contributed by atoms with E-state index >= 15 is 0 Å². The van der Waals surface area contributed by atoms with Gasteiger partial charge >= 0.3 is 0 Å². The maximum Gasteiger partial charge on any atom is 0.243 e. The molecule has 1 aliphatic heterocycles. The lowest BCUT2D eigenvalue weighted by molar-refractivity contribution is 0.339. The second-order valence-electron chi connectivity index (χ2n) is 6.74. The minimum absolute atomic E-state index is 0.0866. The molecule has 26 heavy (non-hydrogen) atoms. The molecule has 0 radical (unpaired) electrons. The number of nitrogens with one attached hydrogen (secondary N) is 1. The zero-order valence-electron chi connectivity index (χ0n) is 15.3. The van der Waals surface area contributed by atoms with Crippen LogP contribution in [0.4, 0.5) is 5.95 Å². The minimum atomic E-state index is 0.0866. The Kier molecular flexibility index (Phi) is 4.32. The van der Waals surface area contributed by atoms with Gasteiger partial charge in [0.25, 0.3) is 0 Å². The molecule has 0 spiro atoms. The molecular formula is C20H23N5O. The summed E-state index contributed by atoms with van der Waals surface area (Å²) in [6, 6.07) is 15.1. The van der Waals surface area contributed by atoms with Gasteiger partial charge in [-0.05, 0) is 72.0 Å². The summed E-state index contributed by atoms with van der Waals surface area (Å²) in [6.07, 6.45) is 0.883. The first kappa shape index (κ1) is 16.6. The molecule has 0 saturated heterocycles. The van der Waals surface area contributed by atoms with Crippen LogP contribution >= 0.6 is 0 Å². The molecule has 4 rings (SSSR count). The number of tetrazole rings is 1. The largest absolute Gasteiger partial charge is 0.494 e. The molecule has 0 aliphatic carbocycles. The monoisotopic (exact) mass is 349 g/mol. The molecule has 6 heteroatoms. The van der Waals surface area contributed by atoms with Crippen LogP contribution in [0.15, 0.2) is 42.5 Å². The zero-order chi connectivity index (χ0) is 18.1. The summed E-state index contributed by atoms with van der Waals surface area (Å²) in [5.74, 6) is 1.59. The van der Waals surface area contributed by atoms with Crippen molar-refractivity contribution in [1.82, 2.24) is 20.2 Å². The summed E-state index contributed by atoms with van der Waals surface area (Å²) >= 11 is 0. The van der Waals surface area contributed by atoms with Crippen LogP contribution in [0, 0.1) is 13.8 Å². The van der Waals surface area contributed by atoms with E-state index in [4.69, 9.17) is 4.74 Å². The zero-order valence-corrected chi connectivity index (χ0v) is 15.3. The van der Waals surface area contributed by atoms with Gasteiger partial charge < -0.3 is 10.1 Å². The van der Waals surface area contributed by atoms with Crippen molar-refractivity contribution in [2.45, 2.75) is 39.3 Å². The number of anilines is 1. The maximum absolute atomic E-state index is 5.56. The average Bonchev–Trinajstić information content (AvgIpc) is 3.13. The van der Waals surface area contributed by atoms with Crippen molar-refractivity contribution >= 4 is 5.95 Å². The van der Waals surface area contributed by atoms with Crippen molar-refractivity contribution in [2.24, 2.45) is 0 Å². The molecular weight excluding hydrogens is 326 g/mol. The number of rotatable bonds is 4. The lowest BCUT2D eigenvalue weighted by Crippen LogP contribution is -2.28.